The van der Waals surface area contributed by atoms with E-state index in [0.717, 1.165) is 32.4 Å². The van der Waals surface area contributed by atoms with Crippen LogP contribution in [0.1, 0.15) is 30.9 Å². The number of piperidine rings is 1. The van der Waals surface area contributed by atoms with E-state index >= 15 is 0 Å². The summed E-state index contributed by atoms with van der Waals surface area (Å²) in [6.45, 7) is 1.55. The zero-order valence-corrected chi connectivity index (χ0v) is 16.3. The first-order valence-corrected chi connectivity index (χ1v) is 9.66. The molecule has 2 rings (SSSR count). The highest BCUT2D eigenvalue weighted by atomic mass is 32.2. The fourth-order valence-electron chi connectivity index (χ4n) is 2.98. The van der Waals surface area contributed by atoms with Gasteiger partial charge in [0.1, 0.15) is 17.5 Å². The summed E-state index contributed by atoms with van der Waals surface area (Å²) in [4.78, 5) is 14.9. The molecule has 1 heterocycles. The molecule has 1 saturated heterocycles. The minimum Gasteiger partial charge on any atom is -0.494 e. The Balaban J connectivity index is 2.45. The smallest absolute Gasteiger partial charge is 0.316 e. The Labute approximate surface area is 159 Å². The first-order chi connectivity index (χ1) is 12.5. The largest absolute Gasteiger partial charge is 0.494 e. The number of carbonyl (C=O) groups excluding carboxylic acids is 1. The van der Waals surface area contributed by atoms with Crippen LogP contribution in [0.25, 0.3) is 0 Å². The Kier molecular flexibility index (Phi) is 7.49. The van der Waals surface area contributed by atoms with Crippen LogP contribution in [0.15, 0.2) is 22.6 Å². The molecule has 0 aromatic heterocycles. The number of carbonyl (C=O) groups is 1. The van der Waals surface area contributed by atoms with Gasteiger partial charge in [0.15, 0.2) is 5.11 Å². The number of methoxy groups -OCH3 is 1. The van der Waals surface area contributed by atoms with Crippen LogP contribution in [-0.2, 0) is 15.3 Å². The van der Waals surface area contributed by atoms with Crippen molar-refractivity contribution in [1.29, 1.82) is 0 Å². The molecule has 1 unspecified atom stereocenters. The molecule has 1 aromatic rings. The minimum atomic E-state index is -2.63. The van der Waals surface area contributed by atoms with E-state index in [1.165, 1.54) is 7.11 Å². The Bertz CT molecular complexity index is 796. The predicted molar refractivity (Wildman–Crippen MR) is 102 cm³/mol. The predicted octanol–water partition coefficient (Wildman–Crippen LogP) is 1.54. The van der Waals surface area contributed by atoms with Gasteiger partial charge in [0.25, 0.3) is 0 Å². The number of amides is 1. The molecule has 0 aliphatic carbocycles. The second-order valence-corrected chi connectivity index (χ2v) is 6.83. The van der Waals surface area contributed by atoms with E-state index in [2.05, 4.69) is 19.9 Å². The van der Waals surface area contributed by atoms with Crippen molar-refractivity contribution >= 4 is 39.4 Å². The van der Waals surface area contributed by atoms with Crippen LogP contribution in [0.3, 0.4) is 0 Å². The highest BCUT2D eigenvalue weighted by molar-refractivity contribution is 7.80. The van der Waals surface area contributed by atoms with Crippen molar-refractivity contribution in [1.82, 2.24) is 15.5 Å². The summed E-state index contributed by atoms with van der Waals surface area (Å²) in [5.74, 6) is 0.0483. The molecule has 142 valence electrons. The maximum Gasteiger partial charge on any atom is 0.316 e. The number of thiocarbonyl (C=S) groups is 1. The van der Waals surface area contributed by atoms with Crippen molar-refractivity contribution in [2.24, 2.45) is 4.36 Å². The summed E-state index contributed by atoms with van der Waals surface area (Å²) >= 11 is 5.04. The molecule has 1 aliphatic heterocycles. The number of rotatable bonds is 5. The van der Waals surface area contributed by atoms with E-state index in [-0.39, 0.29) is 16.7 Å². The van der Waals surface area contributed by atoms with Crippen molar-refractivity contribution in [3.63, 3.8) is 0 Å². The Morgan fingerprint density at radius 2 is 2.00 bits per heavy atom. The highest BCUT2D eigenvalue weighted by Gasteiger charge is 2.30. The van der Waals surface area contributed by atoms with Crippen LogP contribution in [0.4, 0.5) is 5.69 Å². The zero-order chi connectivity index (χ0) is 19.1. The van der Waals surface area contributed by atoms with Crippen molar-refractivity contribution in [3.8, 4) is 5.75 Å². The molecule has 1 aliphatic rings. The van der Waals surface area contributed by atoms with Crippen LogP contribution in [-0.4, -0.2) is 51.6 Å². The van der Waals surface area contributed by atoms with Gasteiger partial charge in [-0.2, -0.15) is 8.42 Å². The first kappa shape index (κ1) is 20.3. The molecule has 0 spiro atoms. The van der Waals surface area contributed by atoms with E-state index in [1.54, 1.807) is 25.2 Å². The molecule has 2 N–H and O–H groups in total. The van der Waals surface area contributed by atoms with Crippen LogP contribution in [0.2, 0.25) is 0 Å². The number of likely N-dealkylation sites (tertiary alicyclic amines) is 1. The lowest BCUT2D eigenvalue weighted by Crippen LogP contribution is -2.46. The third-order valence-electron chi connectivity index (χ3n) is 4.16. The summed E-state index contributed by atoms with van der Waals surface area (Å²) in [6, 6.07) is 4.33. The molecule has 0 saturated carbocycles. The minimum absolute atomic E-state index is 0.157. The maximum atomic E-state index is 12.8. The van der Waals surface area contributed by atoms with Crippen LogP contribution in [0, 0.1) is 0 Å². The van der Waals surface area contributed by atoms with E-state index in [0.29, 0.717) is 11.3 Å². The van der Waals surface area contributed by atoms with Gasteiger partial charge in [-0.3, -0.25) is 9.69 Å². The van der Waals surface area contributed by atoms with E-state index in [9.17, 15) is 13.2 Å². The molecular weight excluding hydrogens is 376 g/mol. The molecule has 1 amide bonds. The van der Waals surface area contributed by atoms with Gasteiger partial charge < -0.3 is 15.4 Å². The average Bonchev–Trinajstić information content (AvgIpc) is 2.62. The van der Waals surface area contributed by atoms with Gasteiger partial charge >= 0.3 is 10.5 Å². The number of ether oxygens (including phenoxy) is 1. The summed E-state index contributed by atoms with van der Waals surface area (Å²) < 4.78 is 30.7. The summed E-state index contributed by atoms with van der Waals surface area (Å²) in [5, 5.41) is 5.62. The molecule has 8 nitrogen and oxygen atoms in total. The van der Waals surface area contributed by atoms with Crippen LogP contribution >= 0.6 is 12.2 Å². The summed E-state index contributed by atoms with van der Waals surface area (Å²) in [7, 11) is 0.438. The lowest BCUT2D eigenvalue weighted by molar-refractivity contribution is -0.125. The van der Waals surface area contributed by atoms with Crippen LogP contribution in [0.5, 0.6) is 5.75 Å². The zero-order valence-electron chi connectivity index (χ0n) is 14.7. The number of benzene rings is 1. The van der Waals surface area contributed by atoms with E-state index < -0.39 is 16.5 Å². The van der Waals surface area contributed by atoms with Gasteiger partial charge in [-0.1, -0.05) is 12.5 Å². The van der Waals surface area contributed by atoms with Gasteiger partial charge in [-0.15, -0.1) is 4.36 Å². The number of hydrogen-bond donors (Lipinski definition) is 2. The van der Waals surface area contributed by atoms with Gasteiger partial charge in [0.05, 0.1) is 7.11 Å². The molecular formula is C16H22N4O4S2. The molecule has 1 fully saturated rings. The van der Waals surface area contributed by atoms with Crippen LogP contribution < -0.4 is 15.4 Å². The van der Waals surface area contributed by atoms with Gasteiger partial charge in [-0.25, -0.2) is 0 Å². The topological polar surface area (TPSA) is 100 Å². The summed E-state index contributed by atoms with van der Waals surface area (Å²) in [5.41, 5.74) is 0.789. The van der Waals surface area contributed by atoms with Crippen molar-refractivity contribution in [2.45, 2.75) is 25.3 Å². The average molecular weight is 399 g/mol. The standard InChI is InChI=1S/C16H22N4O4S2/c1-17-16(25)18-15(21)14(20-8-4-3-5-9-20)11-6-7-13(24-2)12(10-11)19-26(22)23/h6-7,10,14H,3-5,8-9H2,1-2H3,(H2,17,18,21,25). The monoisotopic (exact) mass is 398 g/mol. The maximum absolute atomic E-state index is 12.8. The van der Waals surface area contributed by atoms with Gasteiger partial charge in [0.2, 0.25) is 5.91 Å². The fraction of sp³-hybridized carbons (Fsp3) is 0.500. The van der Waals surface area contributed by atoms with Gasteiger partial charge in [0, 0.05) is 7.05 Å². The molecule has 1 atom stereocenters. The number of hydrogen-bond acceptors (Lipinski definition) is 7. The molecule has 10 heteroatoms. The lowest BCUT2D eigenvalue weighted by atomic mass is 10.00. The SMILES string of the molecule is CNC(=S)NC(=O)C(c1ccc(OC)c(N=S(=O)=O)c1)N1CCCCC1. The molecule has 26 heavy (non-hydrogen) atoms. The Morgan fingerprint density at radius 3 is 2.58 bits per heavy atom. The van der Waals surface area contributed by atoms with E-state index in [1.807, 2.05) is 0 Å². The Hall–Kier alpha value is -2.04. The second kappa shape index (κ2) is 9.60. The fourth-order valence-corrected chi connectivity index (χ4v) is 3.38. The Morgan fingerprint density at radius 1 is 1.31 bits per heavy atom. The normalized spacial score (nSPS) is 15.6. The number of nitrogens with one attached hydrogen (secondary N) is 2. The number of nitrogens with zero attached hydrogens (tertiary/aromatic N) is 2. The second-order valence-electron chi connectivity index (χ2n) is 5.81. The van der Waals surface area contributed by atoms with Crippen molar-refractivity contribution in [3.05, 3.63) is 23.8 Å². The third-order valence-corrected chi connectivity index (χ3v) is 4.81. The first-order valence-electron chi connectivity index (χ1n) is 8.22. The van der Waals surface area contributed by atoms with Gasteiger partial charge in [-0.05, 0) is 55.8 Å². The van der Waals surface area contributed by atoms with E-state index in [4.69, 9.17) is 17.0 Å². The molecule has 1 aromatic carbocycles. The molecule has 0 bridgehead atoms. The summed E-state index contributed by atoms with van der Waals surface area (Å²) in [6.07, 6.45) is 3.12. The molecule has 0 radical (unpaired) electrons. The van der Waals surface area contributed by atoms with Crippen molar-refractivity contribution in [2.75, 3.05) is 27.2 Å². The highest BCUT2D eigenvalue weighted by Crippen LogP contribution is 2.33. The third kappa shape index (κ3) is 5.23. The van der Waals surface area contributed by atoms with Crippen molar-refractivity contribution < 1.29 is 17.9 Å². The lowest BCUT2D eigenvalue weighted by Gasteiger charge is -2.34. The quantitative estimate of drug-likeness (QED) is 0.726.